The fourth-order valence-corrected chi connectivity index (χ4v) is 3.83. The molecule has 0 radical (unpaired) electrons. The van der Waals surface area contributed by atoms with Crippen LogP contribution in [0.25, 0.3) is 0 Å². The van der Waals surface area contributed by atoms with Crippen molar-refractivity contribution < 1.29 is 19.1 Å². The molecule has 1 aromatic carbocycles. The molecule has 0 aromatic heterocycles. The molecule has 1 aromatic rings. The van der Waals surface area contributed by atoms with Crippen LogP contribution in [-0.2, 0) is 9.59 Å². The van der Waals surface area contributed by atoms with Gasteiger partial charge in [0.15, 0.2) is 0 Å². The topological polar surface area (TPSA) is 82.2 Å². The standard InChI is InChI=1S/C21H29ClN4O4/c1-21(2)19(28)26(20(29)23-21)9-5-8-18(27)25-12-10-24(11-13-25)14-15-30-17-7-4-3-6-16(17)22/h3-4,6-7H,5,8-15H2,1-2H3,(H,23,29). The maximum atomic E-state index is 12.5. The van der Waals surface area contributed by atoms with Gasteiger partial charge in [-0.15, -0.1) is 0 Å². The van der Waals surface area contributed by atoms with Crippen LogP contribution in [0.15, 0.2) is 24.3 Å². The smallest absolute Gasteiger partial charge is 0.325 e. The van der Waals surface area contributed by atoms with Crippen LogP contribution in [0.1, 0.15) is 26.7 Å². The number of benzene rings is 1. The highest BCUT2D eigenvalue weighted by Crippen LogP contribution is 2.23. The Morgan fingerprint density at radius 3 is 2.47 bits per heavy atom. The first kappa shape index (κ1) is 22.4. The summed E-state index contributed by atoms with van der Waals surface area (Å²) in [4.78, 5) is 41.8. The van der Waals surface area contributed by atoms with E-state index < -0.39 is 5.54 Å². The third-order valence-corrected chi connectivity index (χ3v) is 5.76. The molecule has 2 aliphatic heterocycles. The largest absolute Gasteiger partial charge is 0.491 e. The van der Waals surface area contributed by atoms with Crippen molar-refractivity contribution in [3.8, 4) is 5.75 Å². The number of imide groups is 1. The van der Waals surface area contributed by atoms with Gasteiger partial charge in [0.25, 0.3) is 5.91 Å². The van der Waals surface area contributed by atoms with Gasteiger partial charge >= 0.3 is 6.03 Å². The minimum Gasteiger partial charge on any atom is -0.491 e. The number of rotatable bonds is 8. The van der Waals surface area contributed by atoms with Gasteiger partial charge in [-0.1, -0.05) is 23.7 Å². The average molecular weight is 437 g/mol. The molecule has 164 valence electrons. The van der Waals surface area contributed by atoms with E-state index >= 15 is 0 Å². The minimum atomic E-state index is -0.868. The van der Waals surface area contributed by atoms with Gasteiger partial charge < -0.3 is 15.0 Å². The Bertz CT molecular complexity index is 793. The number of urea groups is 1. The molecule has 1 N–H and O–H groups in total. The second kappa shape index (κ2) is 9.66. The molecule has 3 rings (SSSR count). The Morgan fingerprint density at radius 1 is 1.13 bits per heavy atom. The molecule has 0 bridgehead atoms. The molecule has 2 heterocycles. The van der Waals surface area contributed by atoms with Crippen LogP contribution in [0.3, 0.4) is 0 Å². The van der Waals surface area contributed by atoms with Crippen molar-refractivity contribution in [2.24, 2.45) is 0 Å². The number of hydrogen-bond acceptors (Lipinski definition) is 5. The van der Waals surface area contributed by atoms with E-state index in [1.54, 1.807) is 19.9 Å². The molecule has 0 spiro atoms. The number of carbonyl (C=O) groups is 3. The second-order valence-electron chi connectivity index (χ2n) is 8.12. The van der Waals surface area contributed by atoms with Crippen molar-refractivity contribution in [1.82, 2.24) is 20.0 Å². The van der Waals surface area contributed by atoms with E-state index in [0.29, 0.717) is 43.3 Å². The number of carbonyl (C=O) groups excluding carboxylic acids is 3. The summed E-state index contributed by atoms with van der Waals surface area (Å²) in [5.41, 5.74) is -0.868. The maximum Gasteiger partial charge on any atom is 0.325 e. The molecule has 0 atom stereocenters. The summed E-state index contributed by atoms with van der Waals surface area (Å²) in [6.45, 7) is 7.85. The molecule has 4 amide bonds. The van der Waals surface area contributed by atoms with Crippen LogP contribution in [0, 0.1) is 0 Å². The van der Waals surface area contributed by atoms with Crippen molar-refractivity contribution in [2.75, 3.05) is 45.9 Å². The summed E-state index contributed by atoms with van der Waals surface area (Å²) in [5, 5.41) is 3.25. The summed E-state index contributed by atoms with van der Waals surface area (Å²) in [7, 11) is 0. The summed E-state index contributed by atoms with van der Waals surface area (Å²) in [6, 6.07) is 7.01. The molecule has 0 saturated carbocycles. The number of amides is 4. The predicted molar refractivity (Wildman–Crippen MR) is 114 cm³/mol. The van der Waals surface area contributed by atoms with Crippen LogP contribution < -0.4 is 10.1 Å². The van der Waals surface area contributed by atoms with E-state index in [0.717, 1.165) is 19.6 Å². The quantitative estimate of drug-likeness (QED) is 0.630. The second-order valence-corrected chi connectivity index (χ2v) is 8.52. The Labute approximate surface area is 182 Å². The third-order valence-electron chi connectivity index (χ3n) is 5.44. The fourth-order valence-electron chi connectivity index (χ4n) is 3.63. The average Bonchev–Trinajstić information content (AvgIpc) is 2.91. The summed E-state index contributed by atoms with van der Waals surface area (Å²) in [6.07, 6.45) is 0.799. The first-order chi connectivity index (χ1) is 14.3. The highest BCUT2D eigenvalue weighted by Gasteiger charge is 2.43. The normalized spacial score (nSPS) is 19.2. The Hall–Kier alpha value is -2.32. The molecule has 8 nitrogen and oxygen atoms in total. The SMILES string of the molecule is CC1(C)NC(=O)N(CCCC(=O)N2CCN(CCOc3ccccc3Cl)CC2)C1=O. The van der Waals surface area contributed by atoms with Gasteiger partial charge in [-0.3, -0.25) is 19.4 Å². The van der Waals surface area contributed by atoms with Crippen LogP contribution in [0.5, 0.6) is 5.75 Å². The number of piperazine rings is 1. The number of hydrogen-bond donors (Lipinski definition) is 1. The Kier molecular flexibility index (Phi) is 7.20. The molecule has 2 aliphatic rings. The van der Waals surface area contributed by atoms with Crippen molar-refractivity contribution in [3.05, 3.63) is 29.3 Å². The Morgan fingerprint density at radius 2 is 1.83 bits per heavy atom. The lowest BCUT2D eigenvalue weighted by Gasteiger charge is -2.34. The maximum absolute atomic E-state index is 12.5. The molecule has 0 unspecified atom stereocenters. The van der Waals surface area contributed by atoms with Gasteiger partial charge in [-0.25, -0.2) is 4.79 Å². The number of nitrogens with zero attached hydrogens (tertiary/aromatic N) is 3. The van der Waals surface area contributed by atoms with Crippen LogP contribution in [0.4, 0.5) is 4.79 Å². The predicted octanol–water partition coefficient (Wildman–Crippen LogP) is 1.97. The van der Waals surface area contributed by atoms with Crippen molar-refractivity contribution in [2.45, 2.75) is 32.2 Å². The van der Waals surface area contributed by atoms with E-state index in [4.69, 9.17) is 16.3 Å². The molecule has 0 aliphatic carbocycles. The lowest BCUT2D eigenvalue weighted by atomic mass is 10.1. The zero-order valence-corrected chi connectivity index (χ0v) is 18.3. The lowest BCUT2D eigenvalue weighted by Crippen LogP contribution is -2.49. The van der Waals surface area contributed by atoms with Crippen LogP contribution >= 0.6 is 11.6 Å². The molecule has 30 heavy (non-hydrogen) atoms. The van der Waals surface area contributed by atoms with E-state index in [1.165, 1.54) is 4.90 Å². The van der Waals surface area contributed by atoms with E-state index in [2.05, 4.69) is 10.2 Å². The van der Waals surface area contributed by atoms with Crippen LogP contribution in [-0.4, -0.2) is 84.0 Å². The van der Waals surface area contributed by atoms with Crippen molar-refractivity contribution in [3.63, 3.8) is 0 Å². The lowest BCUT2D eigenvalue weighted by molar-refractivity contribution is -0.134. The first-order valence-corrected chi connectivity index (χ1v) is 10.7. The highest BCUT2D eigenvalue weighted by atomic mass is 35.5. The molecule has 9 heteroatoms. The molecule has 2 fully saturated rings. The van der Waals surface area contributed by atoms with E-state index in [9.17, 15) is 14.4 Å². The Balaban J connectivity index is 1.33. The van der Waals surface area contributed by atoms with Gasteiger partial charge in [0, 0.05) is 45.7 Å². The number of ether oxygens (including phenoxy) is 1. The van der Waals surface area contributed by atoms with Gasteiger partial charge in [0.2, 0.25) is 5.91 Å². The first-order valence-electron chi connectivity index (χ1n) is 10.3. The number of nitrogens with one attached hydrogen (secondary N) is 1. The van der Waals surface area contributed by atoms with E-state index in [1.807, 2.05) is 23.1 Å². The minimum absolute atomic E-state index is 0.0632. The zero-order valence-electron chi connectivity index (χ0n) is 17.5. The zero-order chi connectivity index (χ0) is 21.7. The van der Waals surface area contributed by atoms with Gasteiger partial charge in [0.1, 0.15) is 17.9 Å². The number of para-hydroxylation sites is 1. The highest BCUT2D eigenvalue weighted by molar-refractivity contribution is 6.32. The van der Waals surface area contributed by atoms with Gasteiger partial charge in [-0.05, 0) is 32.4 Å². The van der Waals surface area contributed by atoms with Crippen molar-refractivity contribution >= 4 is 29.4 Å². The van der Waals surface area contributed by atoms with Gasteiger partial charge in [0.05, 0.1) is 5.02 Å². The van der Waals surface area contributed by atoms with E-state index in [-0.39, 0.29) is 24.4 Å². The van der Waals surface area contributed by atoms with Crippen LogP contribution in [0.2, 0.25) is 5.02 Å². The van der Waals surface area contributed by atoms with Gasteiger partial charge in [-0.2, -0.15) is 0 Å². The molecular formula is C21H29ClN4O4. The molecule has 2 saturated heterocycles. The number of halogens is 1. The monoisotopic (exact) mass is 436 g/mol. The third kappa shape index (κ3) is 5.43. The summed E-state index contributed by atoms with van der Waals surface area (Å²) < 4.78 is 5.73. The summed E-state index contributed by atoms with van der Waals surface area (Å²) in [5.74, 6) is 0.502. The molecular weight excluding hydrogens is 408 g/mol. The fraction of sp³-hybridized carbons (Fsp3) is 0.571. The van der Waals surface area contributed by atoms with Crippen molar-refractivity contribution in [1.29, 1.82) is 0 Å². The summed E-state index contributed by atoms with van der Waals surface area (Å²) >= 11 is 6.09.